The van der Waals surface area contributed by atoms with E-state index in [-0.39, 0.29) is 12.1 Å². The summed E-state index contributed by atoms with van der Waals surface area (Å²) < 4.78 is 0. The summed E-state index contributed by atoms with van der Waals surface area (Å²) in [6, 6.07) is 7.75. The highest BCUT2D eigenvalue weighted by molar-refractivity contribution is 5.89. The van der Waals surface area contributed by atoms with Crippen LogP contribution in [-0.2, 0) is 0 Å². The van der Waals surface area contributed by atoms with Gasteiger partial charge in [-0.25, -0.2) is 4.79 Å². The number of hydrogen-bond acceptors (Lipinski definition) is 2. The van der Waals surface area contributed by atoms with Crippen LogP contribution in [-0.4, -0.2) is 24.0 Å². The second kappa shape index (κ2) is 6.06. The van der Waals surface area contributed by atoms with Crippen LogP contribution in [0.5, 0.6) is 0 Å². The SMILES string of the molecule is CC1CCN(C(=O)Nc2ccc(C(C)N)cc2)CC1. The summed E-state index contributed by atoms with van der Waals surface area (Å²) in [6.07, 6.45) is 2.19. The van der Waals surface area contributed by atoms with Crippen molar-refractivity contribution in [3.63, 3.8) is 0 Å². The Bertz CT molecular complexity index is 420. The van der Waals surface area contributed by atoms with E-state index in [4.69, 9.17) is 5.73 Å². The number of rotatable bonds is 2. The van der Waals surface area contributed by atoms with Gasteiger partial charge < -0.3 is 16.0 Å². The molecule has 4 heteroatoms. The van der Waals surface area contributed by atoms with Crippen LogP contribution in [0, 0.1) is 5.92 Å². The number of likely N-dealkylation sites (tertiary alicyclic amines) is 1. The molecule has 0 radical (unpaired) electrons. The van der Waals surface area contributed by atoms with Gasteiger partial charge in [0, 0.05) is 24.8 Å². The van der Waals surface area contributed by atoms with Gasteiger partial charge >= 0.3 is 6.03 Å². The average Bonchev–Trinajstić information content (AvgIpc) is 2.40. The molecule has 4 nitrogen and oxygen atoms in total. The lowest BCUT2D eigenvalue weighted by Crippen LogP contribution is -2.40. The molecule has 1 heterocycles. The molecule has 1 aromatic carbocycles. The lowest BCUT2D eigenvalue weighted by molar-refractivity contribution is 0.186. The Labute approximate surface area is 115 Å². The van der Waals surface area contributed by atoms with Crippen LogP contribution in [0.15, 0.2) is 24.3 Å². The fraction of sp³-hybridized carbons (Fsp3) is 0.533. The molecule has 1 atom stereocenters. The third kappa shape index (κ3) is 3.70. The van der Waals surface area contributed by atoms with E-state index in [0.29, 0.717) is 0 Å². The second-order valence-electron chi connectivity index (χ2n) is 5.51. The summed E-state index contributed by atoms with van der Waals surface area (Å²) in [7, 11) is 0. The number of benzene rings is 1. The maximum atomic E-state index is 12.1. The Hall–Kier alpha value is -1.55. The zero-order valence-corrected chi connectivity index (χ0v) is 11.7. The van der Waals surface area contributed by atoms with Crippen molar-refractivity contribution in [1.29, 1.82) is 0 Å². The number of piperidine rings is 1. The first-order valence-electron chi connectivity index (χ1n) is 6.97. The van der Waals surface area contributed by atoms with Crippen LogP contribution in [0.4, 0.5) is 10.5 Å². The summed E-state index contributed by atoms with van der Waals surface area (Å²) in [6.45, 7) is 5.89. The summed E-state index contributed by atoms with van der Waals surface area (Å²) in [5.41, 5.74) is 7.70. The number of hydrogen-bond donors (Lipinski definition) is 2. The third-order valence-corrected chi connectivity index (χ3v) is 3.76. The number of nitrogens with one attached hydrogen (secondary N) is 1. The molecule has 0 aromatic heterocycles. The molecule has 0 saturated carbocycles. The minimum Gasteiger partial charge on any atom is -0.325 e. The normalized spacial score (nSPS) is 18.2. The van der Waals surface area contributed by atoms with Crippen molar-refractivity contribution in [3.05, 3.63) is 29.8 Å². The largest absolute Gasteiger partial charge is 0.325 e. The molecule has 19 heavy (non-hydrogen) atoms. The van der Waals surface area contributed by atoms with Gasteiger partial charge in [-0.05, 0) is 43.4 Å². The second-order valence-corrected chi connectivity index (χ2v) is 5.51. The lowest BCUT2D eigenvalue weighted by Gasteiger charge is -2.30. The van der Waals surface area contributed by atoms with Gasteiger partial charge in [-0.1, -0.05) is 19.1 Å². The molecule has 104 valence electrons. The molecule has 1 saturated heterocycles. The van der Waals surface area contributed by atoms with Gasteiger partial charge in [0.2, 0.25) is 0 Å². The molecule has 1 unspecified atom stereocenters. The van der Waals surface area contributed by atoms with E-state index >= 15 is 0 Å². The molecule has 1 aliphatic rings. The Morgan fingerprint density at radius 3 is 2.42 bits per heavy atom. The zero-order chi connectivity index (χ0) is 13.8. The molecule has 0 spiro atoms. The van der Waals surface area contributed by atoms with Crippen LogP contribution in [0.3, 0.4) is 0 Å². The fourth-order valence-electron chi connectivity index (χ4n) is 2.28. The maximum absolute atomic E-state index is 12.1. The Balaban J connectivity index is 1.91. The van der Waals surface area contributed by atoms with E-state index < -0.39 is 0 Å². The Morgan fingerprint density at radius 2 is 1.89 bits per heavy atom. The highest BCUT2D eigenvalue weighted by Gasteiger charge is 2.20. The smallest absolute Gasteiger partial charge is 0.321 e. The molecule has 2 amide bonds. The minimum atomic E-state index is 0.000414. The predicted octanol–water partition coefficient (Wildman–Crippen LogP) is 2.97. The average molecular weight is 261 g/mol. The monoisotopic (exact) mass is 261 g/mol. The van der Waals surface area contributed by atoms with Crippen molar-refractivity contribution in [2.75, 3.05) is 18.4 Å². The van der Waals surface area contributed by atoms with Crippen molar-refractivity contribution in [2.45, 2.75) is 32.7 Å². The van der Waals surface area contributed by atoms with E-state index in [1.807, 2.05) is 36.1 Å². The third-order valence-electron chi connectivity index (χ3n) is 3.76. The van der Waals surface area contributed by atoms with Crippen molar-refractivity contribution in [3.8, 4) is 0 Å². The summed E-state index contributed by atoms with van der Waals surface area (Å²) in [5.74, 6) is 0.731. The van der Waals surface area contributed by atoms with E-state index in [1.54, 1.807) is 0 Å². The molecule has 0 aliphatic carbocycles. The van der Waals surface area contributed by atoms with Crippen molar-refractivity contribution < 1.29 is 4.79 Å². The van der Waals surface area contributed by atoms with E-state index in [1.165, 1.54) is 0 Å². The van der Waals surface area contributed by atoms with E-state index in [2.05, 4.69) is 12.2 Å². The molecular formula is C15H23N3O. The first-order valence-corrected chi connectivity index (χ1v) is 6.97. The van der Waals surface area contributed by atoms with Gasteiger partial charge in [0.1, 0.15) is 0 Å². The molecule has 1 aliphatic heterocycles. The van der Waals surface area contributed by atoms with Crippen LogP contribution in [0.25, 0.3) is 0 Å². The van der Waals surface area contributed by atoms with Crippen LogP contribution < -0.4 is 11.1 Å². The standard InChI is InChI=1S/C15H23N3O/c1-11-7-9-18(10-8-11)15(19)17-14-5-3-13(4-6-14)12(2)16/h3-6,11-12H,7-10,16H2,1-2H3,(H,17,19). The quantitative estimate of drug-likeness (QED) is 0.860. The van der Waals surface area contributed by atoms with Crippen LogP contribution >= 0.6 is 0 Å². The van der Waals surface area contributed by atoms with Gasteiger partial charge in [-0.2, -0.15) is 0 Å². The van der Waals surface area contributed by atoms with Gasteiger partial charge in [-0.3, -0.25) is 0 Å². The molecule has 1 aromatic rings. The number of anilines is 1. The number of carbonyl (C=O) groups is 1. The molecule has 1 fully saturated rings. The lowest BCUT2D eigenvalue weighted by atomic mass is 10.00. The van der Waals surface area contributed by atoms with Crippen molar-refractivity contribution in [2.24, 2.45) is 11.7 Å². The number of nitrogens with zero attached hydrogens (tertiary/aromatic N) is 1. The van der Waals surface area contributed by atoms with Crippen LogP contribution in [0.1, 0.15) is 38.3 Å². The molecule has 0 bridgehead atoms. The maximum Gasteiger partial charge on any atom is 0.321 e. The van der Waals surface area contributed by atoms with E-state index in [9.17, 15) is 4.79 Å². The van der Waals surface area contributed by atoms with Gasteiger partial charge in [0.25, 0.3) is 0 Å². The first-order chi connectivity index (χ1) is 9.06. The zero-order valence-electron chi connectivity index (χ0n) is 11.7. The predicted molar refractivity (Wildman–Crippen MR) is 78.0 cm³/mol. The fourth-order valence-corrected chi connectivity index (χ4v) is 2.28. The highest BCUT2D eigenvalue weighted by atomic mass is 16.2. The van der Waals surface area contributed by atoms with E-state index in [0.717, 1.165) is 43.1 Å². The molecule has 3 N–H and O–H groups in total. The van der Waals surface area contributed by atoms with Gasteiger partial charge in [0.05, 0.1) is 0 Å². The topological polar surface area (TPSA) is 58.4 Å². The number of nitrogens with two attached hydrogens (primary N) is 1. The minimum absolute atomic E-state index is 0.000414. The number of urea groups is 1. The number of amides is 2. The van der Waals surface area contributed by atoms with Gasteiger partial charge in [-0.15, -0.1) is 0 Å². The summed E-state index contributed by atoms with van der Waals surface area (Å²) >= 11 is 0. The van der Waals surface area contributed by atoms with Crippen molar-refractivity contribution in [1.82, 2.24) is 4.90 Å². The first kappa shape index (κ1) is 13.9. The summed E-state index contributed by atoms with van der Waals surface area (Å²) in [5, 5.41) is 2.94. The van der Waals surface area contributed by atoms with Gasteiger partial charge in [0.15, 0.2) is 0 Å². The highest BCUT2D eigenvalue weighted by Crippen LogP contribution is 2.18. The summed E-state index contributed by atoms with van der Waals surface area (Å²) in [4.78, 5) is 14.0. The molecule has 2 rings (SSSR count). The Kier molecular flexibility index (Phi) is 4.43. The van der Waals surface area contributed by atoms with Crippen molar-refractivity contribution >= 4 is 11.7 Å². The Morgan fingerprint density at radius 1 is 1.32 bits per heavy atom. The van der Waals surface area contributed by atoms with Crippen LogP contribution in [0.2, 0.25) is 0 Å². The molecular weight excluding hydrogens is 238 g/mol. The number of carbonyl (C=O) groups excluding carboxylic acids is 1.